The van der Waals surface area contributed by atoms with Gasteiger partial charge in [0, 0.05) is 5.92 Å². The molecule has 1 N–H and O–H groups in total. The quantitative estimate of drug-likeness (QED) is 0.808. The Morgan fingerprint density at radius 3 is 2.24 bits per heavy atom. The molecule has 4 unspecified atom stereocenters. The van der Waals surface area contributed by atoms with E-state index in [1.807, 2.05) is 0 Å². The first kappa shape index (κ1) is 13.3. The fourth-order valence-corrected chi connectivity index (χ4v) is 3.48. The zero-order valence-corrected chi connectivity index (χ0v) is 11.7. The molecule has 2 saturated heterocycles. The van der Waals surface area contributed by atoms with Crippen LogP contribution in [0.1, 0.15) is 53.9 Å². The molecule has 2 heterocycles. The lowest BCUT2D eigenvalue weighted by Gasteiger charge is -2.32. The van der Waals surface area contributed by atoms with Gasteiger partial charge in [0.05, 0.1) is 29.5 Å². The molecule has 2 aliphatic rings. The average molecular weight is 242 g/mol. The molecule has 2 aliphatic heterocycles. The lowest BCUT2D eigenvalue weighted by atomic mass is 9.80. The molecular weight excluding hydrogens is 216 g/mol. The van der Waals surface area contributed by atoms with Gasteiger partial charge in [-0.15, -0.1) is 0 Å². The van der Waals surface area contributed by atoms with Crippen LogP contribution in [-0.2, 0) is 9.47 Å². The van der Waals surface area contributed by atoms with Gasteiger partial charge in [0.1, 0.15) is 0 Å². The SMILES string of the molecule is CC1CCC(C(O)C2CC(C)(C)OC2(C)C)O1. The molecule has 2 fully saturated rings. The molecule has 0 bridgehead atoms. The molecule has 100 valence electrons. The van der Waals surface area contributed by atoms with Gasteiger partial charge in [-0.1, -0.05) is 0 Å². The molecule has 2 rings (SSSR count). The normalized spacial score (nSPS) is 41.6. The second-order valence-electron chi connectivity index (χ2n) is 6.83. The molecule has 0 saturated carbocycles. The standard InChI is InChI=1S/C14H26O3/c1-9-6-7-11(16-9)12(15)10-8-13(2,3)17-14(10,4)5/h9-12,15H,6-8H2,1-5H3. The van der Waals surface area contributed by atoms with Crippen LogP contribution in [0.25, 0.3) is 0 Å². The van der Waals surface area contributed by atoms with E-state index < -0.39 is 6.10 Å². The highest BCUT2D eigenvalue weighted by Crippen LogP contribution is 2.45. The van der Waals surface area contributed by atoms with Gasteiger partial charge in [-0.3, -0.25) is 0 Å². The third-order valence-corrected chi connectivity index (χ3v) is 4.20. The molecule has 4 atom stereocenters. The Morgan fingerprint density at radius 1 is 1.18 bits per heavy atom. The lowest BCUT2D eigenvalue weighted by molar-refractivity contribution is -0.111. The number of aliphatic hydroxyl groups excluding tert-OH is 1. The van der Waals surface area contributed by atoms with Crippen LogP contribution in [0.3, 0.4) is 0 Å². The number of hydrogen-bond acceptors (Lipinski definition) is 3. The van der Waals surface area contributed by atoms with Crippen LogP contribution < -0.4 is 0 Å². The lowest BCUT2D eigenvalue weighted by Crippen LogP contribution is -2.42. The minimum Gasteiger partial charge on any atom is -0.390 e. The summed E-state index contributed by atoms with van der Waals surface area (Å²) < 4.78 is 11.8. The van der Waals surface area contributed by atoms with E-state index in [0.717, 1.165) is 19.3 Å². The molecule has 0 spiro atoms. The Bertz CT molecular complexity index is 285. The van der Waals surface area contributed by atoms with E-state index >= 15 is 0 Å². The summed E-state index contributed by atoms with van der Waals surface area (Å²) in [6, 6.07) is 0. The van der Waals surface area contributed by atoms with Crippen molar-refractivity contribution in [3.8, 4) is 0 Å². The van der Waals surface area contributed by atoms with Crippen LogP contribution in [0.5, 0.6) is 0 Å². The van der Waals surface area contributed by atoms with Gasteiger partial charge < -0.3 is 14.6 Å². The van der Waals surface area contributed by atoms with Crippen molar-refractivity contribution in [3.05, 3.63) is 0 Å². The van der Waals surface area contributed by atoms with Crippen molar-refractivity contribution < 1.29 is 14.6 Å². The second-order valence-corrected chi connectivity index (χ2v) is 6.83. The Morgan fingerprint density at radius 2 is 1.82 bits per heavy atom. The highest BCUT2D eigenvalue weighted by atomic mass is 16.5. The molecule has 0 aromatic rings. The zero-order valence-electron chi connectivity index (χ0n) is 11.7. The first-order valence-corrected chi connectivity index (χ1v) is 6.75. The van der Waals surface area contributed by atoms with E-state index in [1.54, 1.807) is 0 Å². The first-order valence-electron chi connectivity index (χ1n) is 6.75. The van der Waals surface area contributed by atoms with E-state index in [0.29, 0.717) is 0 Å². The van der Waals surface area contributed by atoms with Crippen molar-refractivity contribution in [2.75, 3.05) is 0 Å². The zero-order chi connectivity index (χ0) is 12.8. The largest absolute Gasteiger partial charge is 0.390 e. The predicted molar refractivity (Wildman–Crippen MR) is 66.9 cm³/mol. The molecule has 0 amide bonds. The summed E-state index contributed by atoms with van der Waals surface area (Å²) in [4.78, 5) is 0. The van der Waals surface area contributed by atoms with Gasteiger partial charge in [-0.25, -0.2) is 0 Å². The third-order valence-electron chi connectivity index (χ3n) is 4.20. The van der Waals surface area contributed by atoms with Crippen molar-refractivity contribution in [1.82, 2.24) is 0 Å². The van der Waals surface area contributed by atoms with Crippen LogP contribution in [-0.4, -0.2) is 34.6 Å². The summed E-state index contributed by atoms with van der Waals surface area (Å²) in [5.74, 6) is 0.160. The molecule has 0 radical (unpaired) electrons. The Balaban J connectivity index is 2.06. The minimum atomic E-state index is -0.406. The summed E-state index contributed by atoms with van der Waals surface area (Å²) in [5.41, 5.74) is -0.405. The van der Waals surface area contributed by atoms with E-state index in [4.69, 9.17) is 9.47 Å². The molecule has 0 aromatic carbocycles. The molecule has 3 nitrogen and oxygen atoms in total. The number of aliphatic hydroxyl groups is 1. The fourth-order valence-electron chi connectivity index (χ4n) is 3.48. The topological polar surface area (TPSA) is 38.7 Å². The Hall–Kier alpha value is -0.120. The van der Waals surface area contributed by atoms with Crippen LogP contribution >= 0.6 is 0 Å². The molecule has 17 heavy (non-hydrogen) atoms. The Labute approximate surface area is 104 Å². The maximum atomic E-state index is 10.5. The Kier molecular flexibility index (Phi) is 3.30. The molecule has 0 aliphatic carbocycles. The van der Waals surface area contributed by atoms with Gasteiger partial charge in [0.25, 0.3) is 0 Å². The maximum Gasteiger partial charge on any atom is 0.0858 e. The van der Waals surface area contributed by atoms with E-state index in [-0.39, 0.29) is 29.3 Å². The number of ether oxygens (including phenoxy) is 2. The van der Waals surface area contributed by atoms with Gasteiger partial charge >= 0.3 is 0 Å². The predicted octanol–water partition coefficient (Wildman–Crippen LogP) is 2.51. The highest BCUT2D eigenvalue weighted by Gasteiger charge is 2.51. The number of rotatable bonds is 2. The van der Waals surface area contributed by atoms with E-state index in [1.165, 1.54) is 0 Å². The third kappa shape index (κ3) is 2.67. The van der Waals surface area contributed by atoms with Crippen molar-refractivity contribution >= 4 is 0 Å². The van der Waals surface area contributed by atoms with Gasteiger partial charge in [0.2, 0.25) is 0 Å². The second kappa shape index (κ2) is 4.22. The van der Waals surface area contributed by atoms with Crippen molar-refractivity contribution in [1.29, 1.82) is 0 Å². The van der Waals surface area contributed by atoms with E-state index in [2.05, 4.69) is 34.6 Å². The average Bonchev–Trinajstić information content (AvgIpc) is 2.66. The molecule has 3 heteroatoms. The van der Waals surface area contributed by atoms with Crippen LogP contribution in [0.15, 0.2) is 0 Å². The summed E-state index contributed by atoms with van der Waals surface area (Å²) in [6.45, 7) is 10.4. The minimum absolute atomic E-state index is 0.00762. The van der Waals surface area contributed by atoms with Crippen molar-refractivity contribution in [2.24, 2.45) is 5.92 Å². The van der Waals surface area contributed by atoms with Gasteiger partial charge in [-0.2, -0.15) is 0 Å². The smallest absolute Gasteiger partial charge is 0.0858 e. The van der Waals surface area contributed by atoms with E-state index in [9.17, 15) is 5.11 Å². The fraction of sp³-hybridized carbons (Fsp3) is 1.00. The number of hydrogen-bond donors (Lipinski definition) is 1. The monoisotopic (exact) mass is 242 g/mol. The maximum absolute atomic E-state index is 10.5. The van der Waals surface area contributed by atoms with Crippen LogP contribution in [0, 0.1) is 5.92 Å². The van der Waals surface area contributed by atoms with Gasteiger partial charge in [-0.05, 0) is 53.9 Å². The van der Waals surface area contributed by atoms with Crippen molar-refractivity contribution in [2.45, 2.75) is 83.4 Å². The summed E-state index contributed by atoms with van der Waals surface area (Å²) in [7, 11) is 0. The van der Waals surface area contributed by atoms with Crippen LogP contribution in [0.2, 0.25) is 0 Å². The van der Waals surface area contributed by atoms with Crippen molar-refractivity contribution in [3.63, 3.8) is 0 Å². The summed E-state index contributed by atoms with van der Waals surface area (Å²) >= 11 is 0. The van der Waals surface area contributed by atoms with Crippen LogP contribution in [0.4, 0.5) is 0 Å². The summed E-state index contributed by atoms with van der Waals surface area (Å²) in [6.07, 6.45) is 2.79. The van der Waals surface area contributed by atoms with Gasteiger partial charge in [0.15, 0.2) is 0 Å². The first-order chi connectivity index (χ1) is 7.71. The highest BCUT2D eigenvalue weighted by molar-refractivity contribution is 4.99. The molecule has 0 aromatic heterocycles. The molecular formula is C14H26O3. The summed E-state index contributed by atoms with van der Waals surface area (Å²) in [5, 5.41) is 10.5.